The Kier molecular flexibility index (Phi) is 4.52. The minimum absolute atomic E-state index is 0.513. The molecule has 0 saturated heterocycles. The summed E-state index contributed by atoms with van der Waals surface area (Å²) < 4.78 is 27.4. The largest absolute Gasteiger partial charge is 0.497 e. The number of ether oxygens (including phenoxy) is 4. The number of benzene rings is 2. The third-order valence-electron chi connectivity index (χ3n) is 4.39. The van der Waals surface area contributed by atoms with Gasteiger partial charge in [-0.1, -0.05) is 0 Å². The first-order valence-corrected chi connectivity index (χ1v) is 8.46. The second-order valence-corrected chi connectivity index (χ2v) is 5.90. The normalized spacial score (nSPS) is 10.9. The van der Waals surface area contributed by atoms with Crippen LogP contribution in [0.15, 0.2) is 41.1 Å². The van der Waals surface area contributed by atoms with E-state index in [0.717, 1.165) is 5.39 Å². The van der Waals surface area contributed by atoms with Gasteiger partial charge in [0.2, 0.25) is 5.75 Å². The summed E-state index contributed by atoms with van der Waals surface area (Å²) in [6.45, 7) is 0. The molecule has 2 heterocycles. The highest BCUT2D eigenvalue weighted by Crippen LogP contribution is 2.41. The van der Waals surface area contributed by atoms with Crippen LogP contribution in [0.25, 0.3) is 22.1 Å². The summed E-state index contributed by atoms with van der Waals surface area (Å²) in [4.78, 5) is 8.70. The predicted molar refractivity (Wildman–Crippen MR) is 105 cm³/mol. The van der Waals surface area contributed by atoms with Gasteiger partial charge in [-0.05, 0) is 12.1 Å². The van der Waals surface area contributed by atoms with Crippen LogP contribution in [0.5, 0.6) is 23.0 Å². The van der Waals surface area contributed by atoms with Crippen LogP contribution in [0.3, 0.4) is 0 Å². The zero-order valence-corrected chi connectivity index (χ0v) is 15.9. The van der Waals surface area contributed by atoms with Crippen molar-refractivity contribution in [2.75, 3.05) is 33.8 Å². The highest BCUT2D eigenvalue weighted by molar-refractivity contribution is 6.06. The maximum Gasteiger partial charge on any atom is 0.203 e. The molecule has 0 radical (unpaired) electrons. The number of furan rings is 1. The number of nitrogens with zero attached hydrogens (tertiary/aromatic N) is 2. The van der Waals surface area contributed by atoms with Crippen molar-refractivity contribution in [1.82, 2.24) is 9.97 Å². The van der Waals surface area contributed by atoms with Crippen LogP contribution in [0.2, 0.25) is 0 Å². The predicted octanol–water partition coefficient (Wildman–Crippen LogP) is 4.15. The smallest absolute Gasteiger partial charge is 0.203 e. The Morgan fingerprint density at radius 2 is 1.61 bits per heavy atom. The maximum absolute atomic E-state index is 6.00. The molecule has 2 aromatic heterocycles. The van der Waals surface area contributed by atoms with Gasteiger partial charge in [0, 0.05) is 29.3 Å². The molecule has 4 rings (SSSR count). The van der Waals surface area contributed by atoms with Crippen molar-refractivity contribution >= 4 is 33.6 Å². The minimum Gasteiger partial charge on any atom is -0.497 e. The number of aromatic nitrogens is 2. The van der Waals surface area contributed by atoms with Crippen LogP contribution in [0.1, 0.15) is 0 Å². The van der Waals surface area contributed by atoms with E-state index < -0.39 is 0 Å². The monoisotopic (exact) mass is 381 g/mol. The van der Waals surface area contributed by atoms with Crippen molar-refractivity contribution in [3.8, 4) is 23.0 Å². The standard InChI is InChI=1S/C20H19N3O5/c1-24-12-5-6-13-14(9-12)28-19-17(13)21-10-22-20(19)23-11-7-15(25-2)18(27-4)16(8-11)26-3/h5-10H,1-4H3,(H,21,22,23). The van der Waals surface area contributed by atoms with Crippen LogP contribution < -0.4 is 24.3 Å². The quantitative estimate of drug-likeness (QED) is 0.533. The SMILES string of the molecule is COc1ccc2c(c1)oc1c(Nc3cc(OC)c(OC)c(OC)c3)ncnc12. The number of methoxy groups -OCH3 is 4. The second-order valence-electron chi connectivity index (χ2n) is 5.90. The van der Waals surface area contributed by atoms with Crippen LogP contribution >= 0.6 is 0 Å². The lowest BCUT2D eigenvalue weighted by Gasteiger charge is -2.14. The summed E-state index contributed by atoms with van der Waals surface area (Å²) in [5.41, 5.74) is 2.62. The van der Waals surface area contributed by atoms with Gasteiger partial charge >= 0.3 is 0 Å². The molecule has 2 aromatic carbocycles. The van der Waals surface area contributed by atoms with E-state index in [9.17, 15) is 0 Å². The van der Waals surface area contributed by atoms with Gasteiger partial charge in [-0.2, -0.15) is 0 Å². The third kappa shape index (κ3) is 2.88. The topological polar surface area (TPSA) is 87.9 Å². The summed E-state index contributed by atoms with van der Waals surface area (Å²) >= 11 is 0. The molecular weight excluding hydrogens is 362 g/mol. The van der Waals surface area contributed by atoms with Crippen molar-refractivity contribution in [3.05, 3.63) is 36.7 Å². The van der Waals surface area contributed by atoms with Crippen LogP contribution in [0, 0.1) is 0 Å². The molecule has 0 unspecified atom stereocenters. The lowest BCUT2D eigenvalue weighted by atomic mass is 10.2. The number of nitrogens with one attached hydrogen (secondary N) is 1. The Labute approximate surface area is 161 Å². The molecule has 4 aromatic rings. The molecule has 8 nitrogen and oxygen atoms in total. The summed E-state index contributed by atoms with van der Waals surface area (Å²) in [7, 11) is 6.30. The average Bonchev–Trinajstić information content (AvgIpc) is 3.11. The van der Waals surface area contributed by atoms with Gasteiger partial charge in [-0.15, -0.1) is 0 Å². The lowest BCUT2D eigenvalue weighted by molar-refractivity contribution is 0.324. The van der Waals surface area contributed by atoms with Crippen molar-refractivity contribution in [1.29, 1.82) is 0 Å². The molecule has 28 heavy (non-hydrogen) atoms. The van der Waals surface area contributed by atoms with Gasteiger partial charge in [-0.25, -0.2) is 9.97 Å². The molecular formula is C20H19N3O5. The van der Waals surface area contributed by atoms with E-state index in [4.69, 9.17) is 23.4 Å². The number of rotatable bonds is 6. The molecule has 0 amide bonds. The molecule has 1 N–H and O–H groups in total. The molecule has 144 valence electrons. The third-order valence-corrected chi connectivity index (χ3v) is 4.39. The summed E-state index contributed by atoms with van der Waals surface area (Å²) in [6.07, 6.45) is 1.49. The van der Waals surface area contributed by atoms with Gasteiger partial charge in [0.05, 0.1) is 28.4 Å². The second kappa shape index (κ2) is 7.15. The first kappa shape index (κ1) is 17.7. The van der Waals surface area contributed by atoms with Crippen LogP contribution in [-0.4, -0.2) is 38.4 Å². The van der Waals surface area contributed by atoms with E-state index in [0.29, 0.717) is 51.2 Å². The number of hydrogen-bond donors (Lipinski definition) is 1. The number of anilines is 2. The fraction of sp³-hybridized carbons (Fsp3) is 0.200. The van der Waals surface area contributed by atoms with E-state index >= 15 is 0 Å². The number of hydrogen-bond acceptors (Lipinski definition) is 8. The van der Waals surface area contributed by atoms with Gasteiger partial charge in [-0.3, -0.25) is 0 Å². The molecule has 8 heteroatoms. The van der Waals surface area contributed by atoms with E-state index in [1.807, 2.05) is 18.2 Å². The van der Waals surface area contributed by atoms with Crippen molar-refractivity contribution in [2.24, 2.45) is 0 Å². The minimum atomic E-state index is 0.513. The molecule has 0 spiro atoms. The van der Waals surface area contributed by atoms with E-state index in [1.165, 1.54) is 6.33 Å². The maximum atomic E-state index is 6.00. The molecule has 0 bridgehead atoms. The molecule has 0 aliphatic rings. The fourth-order valence-corrected chi connectivity index (χ4v) is 3.06. The Morgan fingerprint density at radius 1 is 0.857 bits per heavy atom. The molecule has 0 saturated carbocycles. The van der Waals surface area contributed by atoms with E-state index in [-0.39, 0.29) is 0 Å². The Bertz CT molecular complexity index is 1130. The zero-order valence-electron chi connectivity index (χ0n) is 15.9. The Balaban J connectivity index is 1.82. The van der Waals surface area contributed by atoms with Crippen molar-refractivity contribution in [3.63, 3.8) is 0 Å². The highest BCUT2D eigenvalue weighted by Gasteiger charge is 2.17. The lowest BCUT2D eigenvalue weighted by Crippen LogP contribution is -1.99. The fourth-order valence-electron chi connectivity index (χ4n) is 3.06. The first-order chi connectivity index (χ1) is 13.7. The molecule has 0 atom stereocenters. The average molecular weight is 381 g/mol. The molecule has 0 aliphatic carbocycles. The van der Waals surface area contributed by atoms with Crippen LogP contribution in [0.4, 0.5) is 11.5 Å². The molecule has 0 aliphatic heterocycles. The van der Waals surface area contributed by atoms with Crippen molar-refractivity contribution < 1.29 is 23.4 Å². The van der Waals surface area contributed by atoms with Gasteiger partial charge in [0.25, 0.3) is 0 Å². The van der Waals surface area contributed by atoms with E-state index in [2.05, 4.69) is 15.3 Å². The van der Waals surface area contributed by atoms with Crippen molar-refractivity contribution in [2.45, 2.75) is 0 Å². The van der Waals surface area contributed by atoms with E-state index in [1.54, 1.807) is 40.6 Å². The zero-order chi connectivity index (χ0) is 19.7. The Morgan fingerprint density at radius 3 is 2.25 bits per heavy atom. The first-order valence-electron chi connectivity index (χ1n) is 8.46. The van der Waals surface area contributed by atoms with Gasteiger partial charge in [0.1, 0.15) is 23.2 Å². The summed E-state index contributed by atoms with van der Waals surface area (Å²) in [5.74, 6) is 2.81. The number of fused-ring (bicyclic) bond motifs is 3. The van der Waals surface area contributed by atoms with Gasteiger partial charge < -0.3 is 28.7 Å². The van der Waals surface area contributed by atoms with Gasteiger partial charge in [0.15, 0.2) is 22.9 Å². The summed E-state index contributed by atoms with van der Waals surface area (Å²) in [5, 5.41) is 4.13. The summed E-state index contributed by atoms with van der Waals surface area (Å²) in [6, 6.07) is 9.18. The van der Waals surface area contributed by atoms with Crippen LogP contribution in [-0.2, 0) is 0 Å². The Hall–Kier alpha value is -3.68. The molecule has 0 fully saturated rings. The highest BCUT2D eigenvalue weighted by atomic mass is 16.5.